The third-order valence-corrected chi connectivity index (χ3v) is 5.32. The minimum absolute atomic E-state index is 0.588. The van der Waals surface area contributed by atoms with E-state index >= 15 is 0 Å². The van der Waals surface area contributed by atoms with Gasteiger partial charge >= 0.3 is 0 Å². The molecular formula is C17H34N4O. The van der Waals surface area contributed by atoms with Crippen molar-refractivity contribution in [2.24, 2.45) is 10.4 Å². The van der Waals surface area contributed by atoms with Crippen molar-refractivity contribution in [3.05, 3.63) is 0 Å². The van der Waals surface area contributed by atoms with Gasteiger partial charge in [0, 0.05) is 46.9 Å². The lowest BCUT2D eigenvalue weighted by molar-refractivity contribution is 0.162. The van der Waals surface area contributed by atoms with Crippen molar-refractivity contribution >= 4 is 5.96 Å². The van der Waals surface area contributed by atoms with Crippen LogP contribution in [0.2, 0.25) is 0 Å². The summed E-state index contributed by atoms with van der Waals surface area (Å²) in [4.78, 5) is 9.26. The van der Waals surface area contributed by atoms with Crippen LogP contribution >= 0.6 is 0 Å². The fraction of sp³-hybridized carbons (Fsp3) is 0.941. The van der Waals surface area contributed by atoms with Gasteiger partial charge in [0.15, 0.2) is 5.96 Å². The number of methoxy groups -OCH3 is 1. The van der Waals surface area contributed by atoms with Crippen molar-refractivity contribution in [2.45, 2.75) is 38.5 Å². The van der Waals surface area contributed by atoms with E-state index in [0.29, 0.717) is 5.41 Å². The van der Waals surface area contributed by atoms with Gasteiger partial charge in [0.1, 0.15) is 0 Å². The van der Waals surface area contributed by atoms with Gasteiger partial charge in [-0.15, -0.1) is 0 Å². The van der Waals surface area contributed by atoms with Crippen LogP contribution in [0.15, 0.2) is 4.99 Å². The number of hydrogen-bond donors (Lipinski definition) is 1. The number of ether oxygens (including phenoxy) is 1. The molecule has 1 spiro atoms. The Morgan fingerprint density at radius 1 is 1.23 bits per heavy atom. The minimum atomic E-state index is 0.588. The molecule has 1 aliphatic carbocycles. The molecule has 1 saturated carbocycles. The van der Waals surface area contributed by atoms with Crippen molar-refractivity contribution in [1.29, 1.82) is 0 Å². The molecule has 0 radical (unpaired) electrons. The van der Waals surface area contributed by atoms with Gasteiger partial charge in [-0.1, -0.05) is 19.3 Å². The summed E-state index contributed by atoms with van der Waals surface area (Å²) < 4.78 is 5.11. The minimum Gasteiger partial charge on any atom is -0.383 e. The maximum Gasteiger partial charge on any atom is 0.193 e. The van der Waals surface area contributed by atoms with Gasteiger partial charge in [-0.25, -0.2) is 0 Å². The number of rotatable bonds is 6. The van der Waals surface area contributed by atoms with Crippen molar-refractivity contribution < 1.29 is 4.74 Å². The van der Waals surface area contributed by atoms with Gasteiger partial charge in [0.2, 0.25) is 0 Å². The highest BCUT2D eigenvalue weighted by Gasteiger charge is 2.39. The maximum atomic E-state index is 5.11. The zero-order valence-electron chi connectivity index (χ0n) is 14.7. The quantitative estimate of drug-likeness (QED) is 0.600. The summed E-state index contributed by atoms with van der Waals surface area (Å²) in [7, 11) is 5.79. The van der Waals surface area contributed by atoms with Crippen LogP contribution in [-0.4, -0.2) is 76.3 Å². The molecule has 2 fully saturated rings. The lowest BCUT2D eigenvalue weighted by atomic mass is 9.73. The SMILES string of the molecule is CN=C(NCCN(C)CCOC)N1CCC2(CCCCC2)C1. The third kappa shape index (κ3) is 4.85. The molecule has 2 aliphatic rings. The Bertz CT molecular complexity index is 353. The topological polar surface area (TPSA) is 40.1 Å². The monoisotopic (exact) mass is 310 g/mol. The summed E-state index contributed by atoms with van der Waals surface area (Å²) in [6, 6.07) is 0. The van der Waals surface area contributed by atoms with Crippen molar-refractivity contribution in [3.63, 3.8) is 0 Å². The Labute approximate surface area is 136 Å². The molecule has 0 aromatic heterocycles. The first-order chi connectivity index (χ1) is 10.7. The Hall–Kier alpha value is -0.810. The maximum absolute atomic E-state index is 5.11. The molecule has 0 aromatic rings. The average molecular weight is 310 g/mol. The second kappa shape index (κ2) is 8.73. The van der Waals surface area contributed by atoms with E-state index in [-0.39, 0.29) is 0 Å². The number of nitrogens with one attached hydrogen (secondary N) is 1. The van der Waals surface area contributed by atoms with Gasteiger partial charge in [0.05, 0.1) is 6.61 Å². The molecule has 0 aromatic carbocycles. The Balaban J connectivity index is 1.73. The van der Waals surface area contributed by atoms with E-state index in [0.717, 1.165) is 32.2 Å². The molecule has 0 atom stereocenters. The molecule has 0 unspecified atom stereocenters. The highest BCUT2D eigenvalue weighted by atomic mass is 16.5. The van der Waals surface area contributed by atoms with E-state index in [9.17, 15) is 0 Å². The van der Waals surface area contributed by atoms with Crippen molar-refractivity contribution in [2.75, 3.05) is 60.5 Å². The lowest BCUT2D eigenvalue weighted by Gasteiger charge is -2.33. The van der Waals surface area contributed by atoms with E-state index in [2.05, 4.69) is 27.2 Å². The Morgan fingerprint density at radius 2 is 2.00 bits per heavy atom. The van der Waals surface area contributed by atoms with Crippen LogP contribution in [0.3, 0.4) is 0 Å². The number of aliphatic imine (C=N–C) groups is 1. The van der Waals surface area contributed by atoms with Crippen LogP contribution in [0.4, 0.5) is 0 Å². The summed E-state index contributed by atoms with van der Waals surface area (Å²) in [5, 5.41) is 3.53. The van der Waals surface area contributed by atoms with E-state index in [1.54, 1.807) is 7.11 Å². The fourth-order valence-electron chi connectivity index (χ4n) is 3.88. The highest BCUT2D eigenvalue weighted by Crippen LogP contribution is 2.43. The normalized spacial score (nSPS) is 21.8. The predicted octanol–water partition coefficient (Wildman–Crippen LogP) is 1.80. The van der Waals surface area contributed by atoms with Crippen LogP contribution in [0, 0.1) is 5.41 Å². The van der Waals surface area contributed by atoms with Gasteiger partial charge in [-0.2, -0.15) is 0 Å². The van der Waals surface area contributed by atoms with E-state index in [4.69, 9.17) is 4.74 Å². The van der Waals surface area contributed by atoms with Crippen LogP contribution < -0.4 is 5.32 Å². The molecule has 0 amide bonds. The average Bonchev–Trinajstić information content (AvgIpc) is 2.93. The first-order valence-corrected chi connectivity index (χ1v) is 8.82. The third-order valence-electron chi connectivity index (χ3n) is 5.32. The second-order valence-corrected chi connectivity index (χ2v) is 7.00. The number of guanidine groups is 1. The zero-order chi connectivity index (χ0) is 15.8. The highest BCUT2D eigenvalue weighted by molar-refractivity contribution is 5.80. The van der Waals surface area contributed by atoms with Gasteiger partial charge in [0.25, 0.3) is 0 Å². The van der Waals surface area contributed by atoms with E-state index in [1.165, 1.54) is 51.6 Å². The summed E-state index contributed by atoms with van der Waals surface area (Å²) in [6.45, 7) is 6.09. The number of nitrogens with zero attached hydrogens (tertiary/aromatic N) is 3. The molecule has 0 bridgehead atoms. The smallest absolute Gasteiger partial charge is 0.193 e. The largest absolute Gasteiger partial charge is 0.383 e. The van der Waals surface area contributed by atoms with Crippen molar-refractivity contribution in [3.8, 4) is 0 Å². The predicted molar refractivity (Wildman–Crippen MR) is 92.4 cm³/mol. The first-order valence-electron chi connectivity index (χ1n) is 8.82. The molecule has 1 heterocycles. The van der Waals surface area contributed by atoms with Crippen LogP contribution in [0.5, 0.6) is 0 Å². The summed E-state index contributed by atoms with van der Waals surface area (Å²) in [5.41, 5.74) is 0.588. The number of likely N-dealkylation sites (tertiary alicyclic amines) is 1. The van der Waals surface area contributed by atoms with Crippen LogP contribution in [0.1, 0.15) is 38.5 Å². The molecule has 22 heavy (non-hydrogen) atoms. The zero-order valence-corrected chi connectivity index (χ0v) is 14.7. The number of likely N-dealkylation sites (N-methyl/N-ethyl adjacent to an activating group) is 1. The Morgan fingerprint density at radius 3 is 2.68 bits per heavy atom. The van der Waals surface area contributed by atoms with Crippen LogP contribution in [0.25, 0.3) is 0 Å². The molecule has 2 rings (SSSR count). The first kappa shape index (κ1) is 17.5. The molecule has 1 aliphatic heterocycles. The second-order valence-electron chi connectivity index (χ2n) is 7.00. The standard InChI is InChI=1S/C17H34N4O/c1-18-16(19-10-12-20(2)13-14-22-3)21-11-9-17(15-21)7-5-4-6-8-17/h4-15H2,1-3H3,(H,18,19). The summed E-state index contributed by atoms with van der Waals surface area (Å²) in [6.07, 6.45) is 8.46. The van der Waals surface area contributed by atoms with Gasteiger partial charge in [-0.05, 0) is 31.7 Å². The van der Waals surface area contributed by atoms with Gasteiger partial charge in [-0.3, -0.25) is 4.99 Å². The summed E-state index contributed by atoms with van der Waals surface area (Å²) >= 11 is 0. The molecule has 128 valence electrons. The molecular weight excluding hydrogens is 276 g/mol. The van der Waals surface area contributed by atoms with E-state index in [1.807, 2.05) is 7.05 Å². The Kier molecular flexibility index (Phi) is 6.96. The van der Waals surface area contributed by atoms with E-state index < -0.39 is 0 Å². The van der Waals surface area contributed by atoms with Gasteiger partial charge < -0.3 is 19.9 Å². The molecule has 1 N–H and O–H groups in total. The van der Waals surface area contributed by atoms with Crippen LogP contribution in [-0.2, 0) is 4.74 Å². The summed E-state index contributed by atoms with van der Waals surface area (Å²) in [5.74, 6) is 1.09. The fourth-order valence-corrected chi connectivity index (χ4v) is 3.88. The molecule has 5 heteroatoms. The molecule has 5 nitrogen and oxygen atoms in total. The number of hydrogen-bond acceptors (Lipinski definition) is 3. The lowest BCUT2D eigenvalue weighted by Crippen LogP contribution is -2.44. The molecule has 1 saturated heterocycles. The van der Waals surface area contributed by atoms with Crippen molar-refractivity contribution in [1.82, 2.24) is 15.1 Å².